The Bertz CT molecular complexity index is 196. The van der Waals surface area contributed by atoms with E-state index in [1.54, 1.807) is 0 Å². The molecular weight excluding hydrogens is 276 g/mol. The Morgan fingerprint density at radius 2 is 0.913 bits per heavy atom. The van der Waals surface area contributed by atoms with E-state index in [0.717, 1.165) is 5.92 Å². The lowest BCUT2D eigenvalue weighted by molar-refractivity contribution is 0.442. The van der Waals surface area contributed by atoms with E-state index in [1.807, 2.05) is 0 Å². The first-order valence-electron chi connectivity index (χ1n) is 11.2. The number of unbranched alkanes of at least 4 members (excludes halogenated alkanes) is 13. The van der Waals surface area contributed by atoms with E-state index in [4.69, 9.17) is 0 Å². The molecule has 0 saturated heterocycles. The summed E-state index contributed by atoms with van der Waals surface area (Å²) in [6, 6.07) is 0. The first kappa shape index (κ1) is 23.0. The Morgan fingerprint density at radius 3 is 1.48 bits per heavy atom. The van der Waals surface area contributed by atoms with Crippen LogP contribution in [0.1, 0.15) is 136 Å². The summed E-state index contributed by atoms with van der Waals surface area (Å²) >= 11 is 0. The molecule has 0 aliphatic carbocycles. The van der Waals surface area contributed by atoms with Gasteiger partial charge in [-0.1, -0.05) is 130 Å². The highest BCUT2D eigenvalue weighted by atomic mass is 14.1. The molecule has 0 saturated carbocycles. The molecule has 0 aliphatic heterocycles. The number of hydrogen-bond donors (Lipinski definition) is 0. The van der Waals surface area contributed by atoms with Crippen molar-refractivity contribution in [2.45, 2.75) is 136 Å². The molecule has 0 bridgehead atoms. The fourth-order valence-electron chi connectivity index (χ4n) is 3.49. The van der Waals surface area contributed by atoms with Gasteiger partial charge in [-0.3, -0.25) is 0 Å². The smallest absolute Gasteiger partial charge is 0.0355 e. The zero-order valence-electron chi connectivity index (χ0n) is 16.9. The Kier molecular flexibility index (Phi) is 20.0. The fourth-order valence-corrected chi connectivity index (χ4v) is 3.49. The lowest BCUT2D eigenvalue weighted by Gasteiger charge is -2.16. The Labute approximate surface area is 149 Å². The summed E-state index contributed by atoms with van der Waals surface area (Å²) < 4.78 is 0. The minimum atomic E-state index is 0.917. The highest BCUT2D eigenvalue weighted by Crippen LogP contribution is 2.23. The third-order valence-corrected chi connectivity index (χ3v) is 5.16. The Balaban J connectivity index is 3.46. The second-order valence-electron chi connectivity index (χ2n) is 7.60. The first-order chi connectivity index (χ1) is 11.3. The van der Waals surface area contributed by atoms with Gasteiger partial charge in [-0.2, -0.15) is 0 Å². The summed E-state index contributed by atoms with van der Waals surface area (Å²) in [5, 5.41) is 0. The molecule has 0 heteroatoms. The highest BCUT2D eigenvalue weighted by Gasteiger charge is 2.08. The van der Waals surface area contributed by atoms with Crippen molar-refractivity contribution in [3.8, 4) is 0 Å². The second-order valence-corrected chi connectivity index (χ2v) is 7.60. The molecule has 0 N–H and O–H groups in total. The molecular formula is C23H47. The van der Waals surface area contributed by atoms with Gasteiger partial charge in [-0.25, -0.2) is 0 Å². The summed E-state index contributed by atoms with van der Waals surface area (Å²) in [5.74, 6) is 0.917. The molecule has 1 unspecified atom stereocenters. The number of rotatable bonds is 19. The van der Waals surface area contributed by atoms with Crippen LogP contribution in [-0.4, -0.2) is 0 Å². The SMILES string of the molecule is CCCCCCCCCCC[CH]C(CCCC)CCCCCC. The predicted molar refractivity (Wildman–Crippen MR) is 108 cm³/mol. The van der Waals surface area contributed by atoms with Crippen molar-refractivity contribution in [3.05, 3.63) is 6.42 Å². The summed E-state index contributed by atoms with van der Waals surface area (Å²) in [6.45, 7) is 6.94. The van der Waals surface area contributed by atoms with E-state index >= 15 is 0 Å². The highest BCUT2D eigenvalue weighted by molar-refractivity contribution is 4.76. The molecule has 0 heterocycles. The normalized spacial score (nSPS) is 12.7. The monoisotopic (exact) mass is 323 g/mol. The maximum Gasteiger partial charge on any atom is -0.0355 e. The molecule has 0 amide bonds. The van der Waals surface area contributed by atoms with E-state index in [0.29, 0.717) is 0 Å². The van der Waals surface area contributed by atoms with Crippen molar-refractivity contribution >= 4 is 0 Å². The molecule has 0 aromatic rings. The molecule has 0 fully saturated rings. The predicted octanol–water partition coefficient (Wildman–Crippen LogP) is 8.89. The van der Waals surface area contributed by atoms with Gasteiger partial charge in [0.1, 0.15) is 0 Å². The van der Waals surface area contributed by atoms with Crippen LogP contribution in [0.25, 0.3) is 0 Å². The van der Waals surface area contributed by atoms with Crippen molar-refractivity contribution in [1.29, 1.82) is 0 Å². The van der Waals surface area contributed by atoms with E-state index < -0.39 is 0 Å². The quantitative estimate of drug-likeness (QED) is 0.208. The van der Waals surface area contributed by atoms with Crippen molar-refractivity contribution < 1.29 is 0 Å². The molecule has 0 aromatic heterocycles. The van der Waals surface area contributed by atoms with Crippen LogP contribution in [0.15, 0.2) is 0 Å². The maximum absolute atomic E-state index is 2.68. The minimum absolute atomic E-state index is 0.917. The minimum Gasteiger partial charge on any atom is -0.0654 e. The molecule has 23 heavy (non-hydrogen) atoms. The molecule has 1 radical (unpaired) electrons. The van der Waals surface area contributed by atoms with Crippen molar-refractivity contribution in [2.24, 2.45) is 5.92 Å². The van der Waals surface area contributed by atoms with Gasteiger partial charge in [-0.05, 0) is 18.8 Å². The van der Waals surface area contributed by atoms with Gasteiger partial charge in [-0.15, -0.1) is 0 Å². The van der Waals surface area contributed by atoms with Gasteiger partial charge < -0.3 is 0 Å². The standard InChI is InChI=1S/C23H47/c1-4-7-10-12-13-14-15-16-17-19-22-23(20-9-6-3)21-18-11-8-5-2/h22-23H,4-21H2,1-3H3. The first-order valence-corrected chi connectivity index (χ1v) is 11.2. The summed E-state index contributed by atoms with van der Waals surface area (Å²) in [6.07, 6.45) is 28.5. The van der Waals surface area contributed by atoms with Gasteiger partial charge in [0, 0.05) is 0 Å². The molecule has 0 rings (SSSR count). The van der Waals surface area contributed by atoms with E-state index in [-0.39, 0.29) is 0 Å². The zero-order valence-corrected chi connectivity index (χ0v) is 16.9. The average Bonchev–Trinajstić information content (AvgIpc) is 2.57. The third-order valence-electron chi connectivity index (χ3n) is 5.16. The van der Waals surface area contributed by atoms with E-state index in [9.17, 15) is 0 Å². The van der Waals surface area contributed by atoms with Crippen LogP contribution in [-0.2, 0) is 0 Å². The van der Waals surface area contributed by atoms with Crippen molar-refractivity contribution in [1.82, 2.24) is 0 Å². The summed E-state index contributed by atoms with van der Waals surface area (Å²) in [7, 11) is 0. The van der Waals surface area contributed by atoms with Crippen LogP contribution in [0.4, 0.5) is 0 Å². The number of hydrogen-bond acceptors (Lipinski definition) is 0. The van der Waals surface area contributed by atoms with Crippen LogP contribution in [0.3, 0.4) is 0 Å². The zero-order chi connectivity index (χ0) is 17.0. The molecule has 139 valence electrons. The van der Waals surface area contributed by atoms with Crippen molar-refractivity contribution in [3.63, 3.8) is 0 Å². The summed E-state index contributed by atoms with van der Waals surface area (Å²) in [4.78, 5) is 0. The van der Waals surface area contributed by atoms with Crippen LogP contribution < -0.4 is 0 Å². The lowest BCUT2D eigenvalue weighted by atomic mass is 9.90. The van der Waals surface area contributed by atoms with Gasteiger partial charge in [0.05, 0.1) is 0 Å². The molecule has 1 atom stereocenters. The molecule has 0 nitrogen and oxygen atoms in total. The van der Waals surface area contributed by atoms with Gasteiger partial charge in [0.15, 0.2) is 0 Å². The summed E-state index contributed by atoms with van der Waals surface area (Å²) in [5.41, 5.74) is 0. The third kappa shape index (κ3) is 18.2. The maximum atomic E-state index is 2.68. The van der Waals surface area contributed by atoms with Crippen molar-refractivity contribution in [2.75, 3.05) is 0 Å². The van der Waals surface area contributed by atoms with E-state index in [1.165, 1.54) is 116 Å². The topological polar surface area (TPSA) is 0 Å². The molecule has 0 aromatic carbocycles. The van der Waals surface area contributed by atoms with Crippen LogP contribution in [0.2, 0.25) is 0 Å². The van der Waals surface area contributed by atoms with Gasteiger partial charge >= 0.3 is 0 Å². The lowest BCUT2D eigenvalue weighted by Crippen LogP contribution is -2.02. The van der Waals surface area contributed by atoms with Crippen LogP contribution in [0.5, 0.6) is 0 Å². The molecule has 0 spiro atoms. The second kappa shape index (κ2) is 20.0. The molecule has 0 aliphatic rings. The Morgan fingerprint density at radius 1 is 0.478 bits per heavy atom. The van der Waals surface area contributed by atoms with E-state index in [2.05, 4.69) is 27.2 Å². The van der Waals surface area contributed by atoms with Crippen LogP contribution >= 0.6 is 0 Å². The largest absolute Gasteiger partial charge is 0.0654 e. The average molecular weight is 324 g/mol. The fraction of sp³-hybridized carbons (Fsp3) is 0.957. The van der Waals surface area contributed by atoms with Gasteiger partial charge in [0.2, 0.25) is 0 Å². The Hall–Kier alpha value is 0. The van der Waals surface area contributed by atoms with Gasteiger partial charge in [0.25, 0.3) is 0 Å². The van der Waals surface area contributed by atoms with Crippen LogP contribution in [0, 0.1) is 12.3 Å².